The first-order chi connectivity index (χ1) is 16.2. The van der Waals surface area contributed by atoms with Crippen LogP contribution in [0, 0.1) is 0 Å². The molecule has 2 amide bonds. The molecule has 1 atom stereocenters. The lowest BCUT2D eigenvalue weighted by Crippen LogP contribution is -2.35. The topological polar surface area (TPSA) is 61.9 Å². The van der Waals surface area contributed by atoms with E-state index >= 15 is 0 Å². The molecule has 2 aromatic rings. The predicted molar refractivity (Wildman–Crippen MR) is 127 cm³/mol. The Morgan fingerprint density at radius 2 is 1.88 bits per heavy atom. The maximum absolute atomic E-state index is 13.3. The molecule has 2 aromatic carbocycles. The minimum absolute atomic E-state index is 0.0872. The van der Waals surface area contributed by atoms with E-state index in [9.17, 15) is 9.59 Å². The number of hydrogen-bond donors (Lipinski definition) is 1. The minimum atomic E-state index is -0.244. The van der Waals surface area contributed by atoms with Gasteiger partial charge >= 0.3 is 0 Å². The summed E-state index contributed by atoms with van der Waals surface area (Å²) in [6.45, 7) is 4.58. The molecule has 3 aliphatic rings. The van der Waals surface area contributed by atoms with Crippen molar-refractivity contribution < 1.29 is 14.3 Å². The lowest BCUT2D eigenvalue weighted by molar-refractivity contribution is -0.132. The molecular weight excluding hydrogens is 414 g/mol. The van der Waals surface area contributed by atoms with E-state index < -0.39 is 0 Å². The van der Waals surface area contributed by atoms with Crippen LogP contribution >= 0.6 is 0 Å². The van der Waals surface area contributed by atoms with E-state index in [0.717, 1.165) is 36.3 Å². The summed E-state index contributed by atoms with van der Waals surface area (Å²) in [5.74, 6) is 0.872. The molecule has 2 aliphatic heterocycles. The lowest BCUT2D eigenvalue weighted by Gasteiger charge is -2.26. The molecule has 0 aromatic heterocycles. The summed E-state index contributed by atoms with van der Waals surface area (Å²) in [4.78, 5) is 30.0. The van der Waals surface area contributed by atoms with Gasteiger partial charge in [0.25, 0.3) is 5.91 Å². The van der Waals surface area contributed by atoms with E-state index in [2.05, 4.69) is 22.3 Å². The van der Waals surface area contributed by atoms with Gasteiger partial charge in [0.1, 0.15) is 12.4 Å². The number of piperidine rings is 1. The second-order valence-corrected chi connectivity index (χ2v) is 9.47. The van der Waals surface area contributed by atoms with Gasteiger partial charge in [-0.2, -0.15) is 0 Å². The van der Waals surface area contributed by atoms with Gasteiger partial charge in [0.15, 0.2) is 0 Å². The first kappa shape index (κ1) is 22.0. The SMILES string of the molecule is O=C1N[C@H](CC(=O)N(Cc2cccc(OCCN3CCCCC3)c2)C2CC2)c2ccccc21. The molecule has 0 spiro atoms. The average Bonchev–Trinajstić information content (AvgIpc) is 3.63. The van der Waals surface area contributed by atoms with Crippen LogP contribution in [0.3, 0.4) is 0 Å². The Morgan fingerprint density at radius 3 is 2.70 bits per heavy atom. The summed E-state index contributed by atoms with van der Waals surface area (Å²) in [6.07, 6.45) is 6.31. The zero-order valence-corrected chi connectivity index (χ0v) is 19.2. The fraction of sp³-hybridized carbons (Fsp3) is 0.481. The van der Waals surface area contributed by atoms with Gasteiger partial charge in [-0.25, -0.2) is 0 Å². The number of rotatable bonds is 9. The maximum atomic E-state index is 13.3. The molecule has 0 unspecified atom stereocenters. The fourth-order valence-electron chi connectivity index (χ4n) is 4.99. The predicted octanol–water partition coefficient (Wildman–Crippen LogP) is 3.92. The Morgan fingerprint density at radius 1 is 1.06 bits per heavy atom. The van der Waals surface area contributed by atoms with Crippen LogP contribution in [0.1, 0.15) is 66.1 Å². The van der Waals surface area contributed by atoms with Crippen molar-refractivity contribution >= 4 is 11.8 Å². The quantitative estimate of drug-likeness (QED) is 0.633. The second-order valence-electron chi connectivity index (χ2n) is 9.47. The first-order valence-corrected chi connectivity index (χ1v) is 12.3. The molecule has 2 heterocycles. The third-order valence-corrected chi connectivity index (χ3v) is 6.95. The van der Waals surface area contributed by atoms with Crippen molar-refractivity contribution in [2.45, 2.75) is 57.2 Å². The smallest absolute Gasteiger partial charge is 0.252 e. The van der Waals surface area contributed by atoms with Gasteiger partial charge in [0.2, 0.25) is 5.91 Å². The first-order valence-electron chi connectivity index (χ1n) is 12.3. The van der Waals surface area contributed by atoms with Crippen molar-refractivity contribution in [2.24, 2.45) is 0 Å². The van der Waals surface area contributed by atoms with E-state index in [1.54, 1.807) is 0 Å². The van der Waals surface area contributed by atoms with Crippen molar-refractivity contribution in [1.29, 1.82) is 0 Å². The van der Waals surface area contributed by atoms with Crippen LogP contribution in [0.4, 0.5) is 0 Å². The summed E-state index contributed by atoms with van der Waals surface area (Å²) in [5, 5.41) is 2.98. The normalized spacial score (nSPS) is 20.2. The molecule has 0 bridgehead atoms. The molecular formula is C27H33N3O3. The van der Waals surface area contributed by atoms with Crippen molar-refractivity contribution in [3.8, 4) is 5.75 Å². The van der Waals surface area contributed by atoms with Gasteiger partial charge in [-0.3, -0.25) is 14.5 Å². The Hall–Kier alpha value is -2.86. The number of likely N-dealkylation sites (tertiary alicyclic amines) is 1. The van der Waals surface area contributed by atoms with Crippen LogP contribution in [0.2, 0.25) is 0 Å². The number of ether oxygens (including phenoxy) is 1. The molecule has 0 radical (unpaired) electrons. The summed E-state index contributed by atoms with van der Waals surface area (Å²) in [6, 6.07) is 15.7. The van der Waals surface area contributed by atoms with Crippen LogP contribution in [0.15, 0.2) is 48.5 Å². The second kappa shape index (κ2) is 9.96. The average molecular weight is 448 g/mol. The highest BCUT2D eigenvalue weighted by atomic mass is 16.5. The maximum Gasteiger partial charge on any atom is 0.252 e. The zero-order chi connectivity index (χ0) is 22.6. The highest BCUT2D eigenvalue weighted by Gasteiger charge is 2.36. The van der Waals surface area contributed by atoms with Crippen LogP contribution in [-0.4, -0.2) is 53.9 Å². The number of nitrogens with zero attached hydrogens (tertiary/aromatic N) is 2. The largest absolute Gasteiger partial charge is 0.492 e. The van der Waals surface area contributed by atoms with E-state index in [1.807, 2.05) is 41.3 Å². The van der Waals surface area contributed by atoms with E-state index in [1.165, 1.54) is 32.4 Å². The van der Waals surface area contributed by atoms with Crippen molar-refractivity contribution in [3.63, 3.8) is 0 Å². The van der Waals surface area contributed by atoms with Crippen LogP contribution in [0.25, 0.3) is 0 Å². The highest BCUT2D eigenvalue weighted by molar-refractivity contribution is 5.99. The lowest BCUT2D eigenvalue weighted by atomic mass is 10.0. The van der Waals surface area contributed by atoms with E-state index in [4.69, 9.17) is 4.74 Å². The van der Waals surface area contributed by atoms with Crippen molar-refractivity contribution in [2.75, 3.05) is 26.2 Å². The van der Waals surface area contributed by atoms with Crippen LogP contribution < -0.4 is 10.1 Å². The van der Waals surface area contributed by atoms with Crippen molar-refractivity contribution in [3.05, 3.63) is 65.2 Å². The standard InChI is InChI=1S/C27H33N3O3/c31-26(18-25-23-9-2-3-10-24(23)27(32)28-25)30(21-11-12-21)19-20-7-6-8-22(17-20)33-16-15-29-13-4-1-5-14-29/h2-3,6-10,17,21,25H,1,4-5,11-16,18-19H2,(H,28,32)/t25-/m1/s1. The molecule has 174 valence electrons. The molecule has 6 heteroatoms. The number of benzene rings is 2. The summed E-state index contributed by atoms with van der Waals surface area (Å²) in [5.41, 5.74) is 2.69. The molecule has 33 heavy (non-hydrogen) atoms. The minimum Gasteiger partial charge on any atom is -0.492 e. The molecule has 6 nitrogen and oxygen atoms in total. The zero-order valence-electron chi connectivity index (χ0n) is 19.2. The van der Waals surface area contributed by atoms with Crippen LogP contribution in [-0.2, 0) is 11.3 Å². The van der Waals surface area contributed by atoms with Gasteiger partial charge in [-0.1, -0.05) is 36.8 Å². The molecule has 1 aliphatic carbocycles. The van der Waals surface area contributed by atoms with Gasteiger partial charge in [0.05, 0.1) is 12.5 Å². The van der Waals surface area contributed by atoms with Gasteiger partial charge in [0, 0.05) is 24.7 Å². The number of carbonyl (C=O) groups excluding carboxylic acids is 2. The third kappa shape index (κ3) is 5.38. The van der Waals surface area contributed by atoms with E-state index in [0.29, 0.717) is 31.2 Å². The number of carbonyl (C=O) groups is 2. The molecule has 2 fully saturated rings. The Labute approximate surface area is 195 Å². The van der Waals surface area contributed by atoms with E-state index in [-0.39, 0.29) is 17.9 Å². The molecule has 1 saturated carbocycles. The van der Waals surface area contributed by atoms with Gasteiger partial charge < -0.3 is 15.0 Å². The fourth-order valence-corrected chi connectivity index (χ4v) is 4.99. The molecule has 5 rings (SSSR count). The number of fused-ring (bicyclic) bond motifs is 1. The highest BCUT2D eigenvalue weighted by Crippen LogP contribution is 2.33. The number of hydrogen-bond acceptors (Lipinski definition) is 4. The summed E-state index contributed by atoms with van der Waals surface area (Å²) < 4.78 is 6.03. The third-order valence-electron chi connectivity index (χ3n) is 6.95. The van der Waals surface area contributed by atoms with Crippen molar-refractivity contribution in [1.82, 2.24) is 15.1 Å². The van der Waals surface area contributed by atoms with Gasteiger partial charge in [-0.05, 0) is 68.1 Å². The van der Waals surface area contributed by atoms with Crippen LogP contribution in [0.5, 0.6) is 5.75 Å². The monoisotopic (exact) mass is 447 g/mol. The molecule has 1 saturated heterocycles. The Kier molecular flexibility index (Phi) is 6.63. The number of nitrogens with one attached hydrogen (secondary N) is 1. The summed E-state index contributed by atoms with van der Waals surface area (Å²) >= 11 is 0. The molecule has 1 N–H and O–H groups in total. The Bertz CT molecular complexity index is 998. The Balaban J connectivity index is 1.19. The van der Waals surface area contributed by atoms with Gasteiger partial charge in [-0.15, -0.1) is 0 Å². The summed E-state index contributed by atoms with van der Waals surface area (Å²) in [7, 11) is 0. The number of amides is 2.